The van der Waals surface area contributed by atoms with Crippen molar-refractivity contribution in [3.8, 4) is 11.5 Å². The number of nitrogens with one attached hydrogen (secondary N) is 7. The number of methoxy groups -OCH3 is 1. The first-order valence-electron chi connectivity index (χ1n) is 49.0. The van der Waals surface area contributed by atoms with Gasteiger partial charge in [-0.1, -0.05) is 105 Å². The number of carbonyl (C=O) groups excluding carboxylic acids is 12. The molecular weight excluding hydrogens is 1840 g/mol. The Hall–Kier alpha value is -10.8. The van der Waals surface area contributed by atoms with Crippen LogP contribution in [0.1, 0.15) is 294 Å². The molecule has 0 unspecified atom stereocenters. The Balaban J connectivity index is 0. The lowest BCUT2D eigenvalue weighted by Gasteiger charge is -2.17. The molecule has 0 aromatic heterocycles. The number of aromatic carboxylic acids is 2. The van der Waals surface area contributed by atoms with Gasteiger partial charge in [-0.05, 0) is 159 Å². The van der Waals surface area contributed by atoms with Gasteiger partial charge >= 0.3 is 35.8 Å². The quantitative estimate of drug-likeness (QED) is 0.0274. The third-order valence-electron chi connectivity index (χ3n) is 21.6. The van der Waals surface area contributed by atoms with Crippen LogP contribution in [0.3, 0.4) is 0 Å². The molecule has 0 saturated carbocycles. The molecule has 2 aromatic carbocycles. The minimum Gasteiger partial charge on any atom is -0.494 e. The summed E-state index contributed by atoms with van der Waals surface area (Å²) in [5.41, 5.74) is 0.402. The van der Waals surface area contributed by atoms with Crippen LogP contribution in [-0.2, 0) is 115 Å². The van der Waals surface area contributed by atoms with Gasteiger partial charge in [0.1, 0.15) is 79.2 Å². The van der Waals surface area contributed by atoms with E-state index >= 15 is 0 Å². The number of ether oxygens (including phenoxy) is 10. The summed E-state index contributed by atoms with van der Waals surface area (Å²) >= 11 is 0. The number of rotatable bonds is 90. The van der Waals surface area contributed by atoms with Crippen molar-refractivity contribution in [2.75, 3.05) is 146 Å². The number of hydrogen-bond donors (Lipinski definition) is 13. The summed E-state index contributed by atoms with van der Waals surface area (Å²) in [5, 5.41) is 74.0. The normalized spacial score (nSPS) is 12.1. The van der Waals surface area contributed by atoms with Crippen LogP contribution in [0.4, 0.5) is 0 Å². The Kier molecular flexibility index (Phi) is 82.6. The number of ketones is 5. The Morgan fingerprint density at radius 1 is 0.291 bits per heavy atom. The summed E-state index contributed by atoms with van der Waals surface area (Å²) < 4.78 is 53.3. The van der Waals surface area contributed by atoms with Gasteiger partial charge in [0, 0.05) is 123 Å². The molecule has 0 aliphatic heterocycles. The largest absolute Gasteiger partial charge is 0.494 e. The molecule has 0 aliphatic carbocycles. The van der Waals surface area contributed by atoms with Gasteiger partial charge in [0.2, 0.25) is 41.4 Å². The standard InChI is InChI=1S/C48H76N4O17.C40H62N2O14.C11H21NO3.CH4/c1-35(36(2)53)13-9-10-24-49-45(58)34-68-32-29-65-26-12-14-38(54)33-67-31-30-66-28-25-50-42(55)22-20-40(47(61)62)52-44(57)23-21-41(48(63)64)51-43(56)15-8-6-4-3-5-7-11-27-69-39-18-16-37(17-19-39)46(59)60;1-2-22-53-25-21-41-37(46)29-55-27-26-54-23-10-12-32(43)16-19-35(40(51)52)42-36(45)20-15-31(39(49)50)28-33(44)11-8-6-4-3-5-7-9-24-56-34-17-13-30(14-18-34)38(47)48;1-9(10(2)13)6-4-5-7-12-11(14)8-15-3;/h16-19,35,40-41H,3-15,20-34H2,1-2H3,(H,49,58)(H,50,55)(H,51,56)(H,52,57)(H,59,60)(H,61,62)(H,63,64);13-14,17-18,31,35H,2-12,15-16,19-29H2,1H3,(H,41,46)(H,42,45)(H,47,48)(H,49,50)(H,51,52);9H,4-8H2,1-3H3,(H,12,14);1H4/t35-,40-,41-;31-,35+;9-;/m010./s1. The lowest BCUT2D eigenvalue weighted by Crippen LogP contribution is -2.44. The van der Waals surface area contributed by atoms with Crippen LogP contribution in [0, 0.1) is 17.8 Å². The van der Waals surface area contributed by atoms with E-state index in [1.807, 2.05) is 20.8 Å². The van der Waals surface area contributed by atoms with Crippen LogP contribution >= 0.6 is 0 Å². The molecule has 0 saturated heterocycles. The van der Waals surface area contributed by atoms with Crippen LogP contribution in [0.15, 0.2) is 48.5 Å². The zero-order valence-electron chi connectivity index (χ0n) is 83.0. The Labute approximate surface area is 829 Å². The van der Waals surface area contributed by atoms with E-state index in [1.165, 1.54) is 31.4 Å². The van der Waals surface area contributed by atoms with Gasteiger partial charge in [-0.15, -0.1) is 0 Å². The van der Waals surface area contributed by atoms with E-state index in [9.17, 15) is 107 Å². The Bertz CT molecular complexity index is 3870. The van der Waals surface area contributed by atoms with E-state index in [4.69, 9.17) is 52.8 Å². The number of unbranched alkanes of at least 4 members (excludes halogenated alkanes) is 14. The molecule has 6 atom stereocenters. The maximum absolute atomic E-state index is 12.5. The summed E-state index contributed by atoms with van der Waals surface area (Å²) in [4.78, 5) is 212. The lowest BCUT2D eigenvalue weighted by molar-refractivity contribution is -0.145. The zero-order chi connectivity index (χ0) is 104. The van der Waals surface area contributed by atoms with Crippen molar-refractivity contribution in [1.29, 1.82) is 0 Å². The lowest BCUT2D eigenvalue weighted by atomic mass is 9.94. The van der Waals surface area contributed by atoms with Crippen LogP contribution < -0.4 is 46.7 Å². The van der Waals surface area contributed by atoms with Crippen molar-refractivity contribution < 1.29 is 164 Å². The molecule has 2 rings (SSSR count). The van der Waals surface area contributed by atoms with Crippen molar-refractivity contribution in [2.24, 2.45) is 17.8 Å². The first-order chi connectivity index (χ1) is 67.1. The number of amides is 7. The van der Waals surface area contributed by atoms with Crippen molar-refractivity contribution >= 4 is 106 Å². The smallest absolute Gasteiger partial charge is 0.335 e. The Morgan fingerprint density at radius 2 is 0.631 bits per heavy atom. The molecule has 2 aromatic rings. The van der Waals surface area contributed by atoms with Gasteiger partial charge in [-0.25, -0.2) is 24.0 Å². The van der Waals surface area contributed by atoms with Crippen LogP contribution in [0.25, 0.3) is 0 Å². The van der Waals surface area contributed by atoms with E-state index in [-0.39, 0.29) is 246 Å². The highest BCUT2D eigenvalue weighted by Crippen LogP contribution is 2.20. The van der Waals surface area contributed by atoms with Gasteiger partial charge in [0.05, 0.1) is 83.1 Å². The molecule has 7 amide bonds. The number of aliphatic carboxylic acids is 4. The molecule has 0 bridgehead atoms. The minimum absolute atomic E-state index is 0. The van der Waals surface area contributed by atoms with E-state index < -0.39 is 83.5 Å². The third-order valence-corrected chi connectivity index (χ3v) is 21.6. The number of carboxylic acids is 6. The molecule has 13 N–H and O–H groups in total. The van der Waals surface area contributed by atoms with Crippen LogP contribution in [0.2, 0.25) is 0 Å². The highest BCUT2D eigenvalue weighted by Gasteiger charge is 2.28. The highest BCUT2D eigenvalue weighted by atomic mass is 16.5. The predicted molar refractivity (Wildman–Crippen MR) is 521 cm³/mol. The fourth-order valence-electron chi connectivity index (χ4n) is 13.0. The molecule has 141 heavy (non-hydrogen) atoms. The fourth-order valence-corrected chi connectivity index (χ4v) is 13.0. The second-order valence-electron chi connectivity index (χ2n) is 33.9. The second kappa shape index (κ2) is 88.1. The second-order valence-corrected chi connectivity index (χ2v) is 33.9. The van der Waals surface area contributed by atoms with E-state index in [0.717, 1.165) is 122 Å². The molecule has 0 heterocycles. The van der Waals surface area contributed by atoms with Crippen molar-refractivity contribution in [2.45, 2.75) is 291 Å². The van der Waals surface area contributed by atoms with Crippen molar-refractivity contribution in [1.82, 2.24) is 37.2 Å². The van der Waals surface area contributed by atoms with E-state index in [0.29, 0.717) is 89.9 Å². The van der Waals surface area contributed by atoms with Crippen LogP contribution in [0.5, 0.6) is 11.5 Å². The first kappa shape index (κ1) is 132. The predicted octanol–water partition coefficient (Wildman–Crippen LogP) is 10.0. The summed E-state index contributed by atoms with van der Waals surface area (Å²) in [6, 6.07) is 8.43. The topological polar surface area (TPSA) is 605 Å². The summed E-state index contributed by atoms with van der Waals surface area (Å²) in [6.07, 6.45) is 18.2. The molecule has 0 radical (unpaired) electrons. The zero-order valence-corrected chi connectivity index (χ0v) is 83.0. The third kappa shape index (κ3) is 79.4. The van der Waals surface area contributed by atoms with Gasteiger partial charge in [0.15, 0.2) is 5.78 Å². The molecule has 41 heteroatoms. The number of hydrogen-bond acceptors (Lipinski definition) is 28. The number of benzene rings is 2. The first-order valence-corrected chi connectivity index (χ1v) is 49.0. The molecule has 0 fully saturated rings. The number of Topliss-reactive ketones (excluding diaryl/α,β-unsaturated/α-hetero) is 5. The minimum atomic E-state index is -1.40. The monoisotopic (exact) mass is 2010 g/mol. The van der Waals surface area contributed by atoms with E-state index in [1.54, 1.807) is 38.1 Å². The number of carbonyl (C=O) groups is 18. The van der Waals surface area contributed by atoms with Gasteiger partial charge in [-0.3, -0.25) is 62.3 Å². The fraction of sp³-hybridized carbons (Fsp3) is 0.700. The molecule has 802 valence electrons. The van der Waals surface area contributed by atoms with Crippen LogP contribution in [-0.4, -0.2) is 300 Å². The average Bonchev–Trinajstić information content (AvgIpc) is 0.940. The molecule has 41 nitrogen and oxygen atoms in total. The summed E-state index contributed by atoms with van der Waals surface area (Å²) in [5.74, 6) is -9.83. The SMILES string of the molecule is C.CC(=O)[C@@H](C)CCCCNC(=O)COCCOCCCC(=O)COCCOCCNC(=O)CC[C@H](NC(=O)CC[C@H](NC(=O)CCCCCCCCCOc1ccc(C(=O)O)cc1)C(=O)O)C(=O)O.CCCOCCNC(=O)COCCOCCCC(=O)CC[C@H](NC(=O)CC[C@H](CC(=O)CCCCCCCCCOc1ccc(C(=O)O)cc1)C(=O)O)C(=O)O.COCC(=O)NCCCC[C@H](C)C(C)=O. The van der Waals surface area contributed by atoms with E-state index in [2.05, 4.69) is 42.0 Å². The number of carboxylic acid groups (broad SMARTS) is 6. The maximum atomic E-state index is 12.5. The average molecular weight is 2010 g/mol. The maximum Gasteiger partial charge on any atom is 0.335 e. The van der Waals surface area contributed by atoms with Gasteiger partial charge in [-0.2, -0.15) is 0 Å². The summed E-state index contributed by atoms with van der Waals surface area (Å²) in [6.45, 7) is 14.8. The Morgan fingerprint density at radius 3 is 1.04 bits per heavy atom. The van der Waals surface area contributed by atoms with Crippen molar-refractivity contribution in [3.05, 3.63) is 59.7 Å². The summed E-state index contributed by atoms with van der Waals surface area (Å²) in [7, 11) is 1.49. The van der Waals surface area contributed by atoms with Crippen molar-refractivity contribution in [3.63, 3.8) is 0 Å². The molecular formula is C100H163N7O34. The van der Waals surface area contributed by atoms with Gasteiger partial charge < -0.3 is 115 Å². The molecule has 0 spiro atoms. The highest BCUT2D eigenvalue weighted by molar-refractivity contribution is 5.90. The molecule has 0 aliphatic rings. The van der Waals surface area contributed by atoms with Gasteiger partial charge in [0.25, 0.3) is 0 Å².